The molecule has 0 unspecified atom stereocenters. The van der Waals surface area contributed by atoms with Gasteiger partial charge in [-0.1, -0.05) is 5.21 Å². The summed E-state index contributed by atoms with van der Waals surface area (Å²) >= 11 is 0. The monoisotopic (exact) mass is 397 g/mol. The third-order valence-corrected chi connectivity index (χ3v) is 4.46. The summed E-state index contributed by atoms with van der Waals surface area (Å²) in [6, 6.07) is 4.11. The zero-order chi connectivity index (χ0) is 20.3. The SMILES string of the molecule is O=C(CC1CC1)N1CC(n2cc(-c3cccnc3)nn2)C1.O=C(O)C(F)(F)F. The van der Waals surface area contributed by atoms with E-state index in [1.165, 1.54) is 12.8 Å². The Morgan fingerprint density at radius 2 is 1.93 bits per heavy atom. The number of carboxylic acid groups (broad SMARTS) is 1. The minimum atomic E-state index is -5.08. The number of amides is 1. The van der Waals surface area contributed by atoms with Crippen LogP contribution in [0.5, 0.6) is 0 Å². The maximum absolute atomic E-state index is 12.0. The van der Waals surface area contributed by atoms with Gasteiger partial charge in [0.15, 0.2) is 0 Å². The van der Waals surface area contributed by atoms with Gasteiger partial charge in [-0.15, -0.1) is 5.10 Å². The normalized spacial score (nSPS) is 16.8. The molecule has 0 spiro atoms. The second-order valence-corrected chi connectivity index (χ2v) is 6.73. The van der Waals surface area contributed by atoms with Gasteiger partial charge in [0.1, 0.15) is 5.69 Å². The molecule has 0 bridgehead atoms. The largest absolute Gasteiger partial charge is 0.490 e. The fourth-order valence-corrected chi connectivity index (χ4v) is 2.63. The Morgan fingerprint density at radius 1 is 1.25 bits per heavy atom. The van der Waals surface area contributed by atoms with E-state index < -0.39 is 12.1 Å². The van der Waals surface area contributed by atoms with Gasteiger partial charge in [0.25, 0.3) is 0 Å². The van der Waals surface area contributed by atoms with E-state index in [1.54, 1.807) is 12.4 Å². The molecule has 8 nitrogen and oxygen atoms in total. The van der Waals surface area contributed by atoms with Crippen molar-refractivity contribution in [1.82, 2.24) is 24.9 Å². The van der Waals surface area contributed by atoms with Crippen molar-refractivity contribution in [2.75, 3.05) is 13.1 Å². The van der Waals surface area contributed by atoms with Gasteiger partial charge < -0.3 is 10.0 Å². The molecular weight excluding hydrogens is 379 g/mol. The lowest BCUT2D eigenvalue weighted by atomic mass is 10.1. The van der Waals surface area contributed by atoms with E-state index in [-0.39, 0.29) is 6.04 Å². The van der Waals surface area contributed by atoms with Gasteiger partial charge in [-0.25, -0.2) is 9.48 Å². The summed E-state index contributed by atoms with van der Waals surface area (Å²) in [6.45, 7) is 1.50. The summed E-state index contributed by atoms with van der Waals surface area (Å²) in [6.07, 6.45) is 3.54. The van der Waals surface area contributed by atoms with Crippen LogP contribution in [-0.2, 0) is 9.59 Å². The van der Waals surface area contributed by atoms with Crippen LogP contribution in [0.2, 0.25) is 0 Å². The number of likely N-dealkylation sites (tertiary alicyclic amines) is 1. The highest BCUT2D eigenvalue weighted by Gasteiger charge is 2.38. The average Bonchev–Trinajstić information content (AvgIpc) is 3.28. The molecule has 1 N–H and O–H groups in total. The Morgan fingerprint density at radius 3 is 2.46 bits per heavy atom. The highest BCUT2D eigenvalue weighted by molar-refractivity contribution is 5.77. The molecule has 1 aliphatic carbocycles. The van der Waals surface area contributed by atoms with Crippen LogP contribution in [0, 0.1) is 5.92 Å². The zero-order valence-corrected chi connectivity index (χ0v) is 14.7. The van der Waals surface area contributed by atoms with Crippen LogP contribution in [0.15, 0.2) is 30.7 Å². The summed E-state index contributed by atoms with van der Waals surface area (Å²) in [7, 11) is 0. The second kappa shape index (κ2) is 7.95. The van der Waals surface area contributed by atoms with Crippen molar-refractivity contribution in [3.8, 4) is 11.3 Å². The Labute approximate surface area is 158 Å². The number of halogens is 3. The van der Waals surface area contributed by atoms with Gasteiger partial charge in [0.05, 0.1) is 12.2 Å². The van der Waals surface area contributed by atoms with E-state index in [4.69, 9.17) is 9.90 Å². The van der Waals surface area contributed by atoms with Crippen molar-refractivity contribution >= 4 is 11.9 Å². The van der Waals surface area contributed by atoms with Crippen molar-refractivity contribution in [2.45, 2.75) is 31.5 Å². The molecule has 3 heterocycles. The van der Waals surface area contributed by atoms with E-state index in [2.05, 4.69) is 15.3 Å². The summed E-state index contributed by atoms with van der Waals surface area (Å²) in [4.78, 5) is 26.9. The molecule has 1 saturated heterocycles. The predicted octanol–water partition coefficient (Wildman–Crippen LogP) is 2.16. The lowest BCUT2D eigenvalue weighted by Gasteiger charge is -2.39. The van der Waals surface area contributed by atoms with E-state index in [9.17, 15) is 18.0 Å². The van der Waals surface area contributed by atoms with Gasteiger partial charge in [-0.05, 0) is 30.9 Å². The topological polar surface area (TPSA) is 101 Å². The highest BCUT2D eigenvalue weighted by Crippen LogP contribution is 2.34. The molecule has 0 atom stereocenters. The van der Waals surface area contributed by atoms with E-state index in [1.807, 2.05) is 27.9 Å². The number of hydrogen-bond acceptors (Lipinski definition) is 5. The molecule has 2 fully saturated rings. The van der Waals surface area contributed by atoms with Crippen LogP contribution >= 0.6 is 0 Å². The maximum atomic E-state index is 12.0. The fourth-order valence-electron chi connectivity index (χ4n) is 2.63. The molecule has 2 aromatic heterocycles. The minimum absolute atomic E-state index is 0.256. The van der Waals surface area contributed by atoms with Crippen molar-refractivity contribution in [2.24, 2.45) is 5.92 Å². The molecular formula is C17H18F3N5O3. The number of aromatic nitrogens is 4. The quantitative estimate of drug-likeness (QED) is 0.849. The molecule has 1 aliphatic heterocycles. The smallest absolute Gasteiger partial charge is 0.475 e. The average molecular weight is 397 g/mol. The van der Waals surface area contributed by atoms with Gasteiger partial charge >= 0.3 is 12.1 Å². The lowest BCUT2D eigenvalue weighted by Crippen LogP contribution is -2.51. The molecule has 150 valence electrons. The first kappa shape index (κ1) is 19.8. The van der Waals surface area contributed by atoms with Crippen LogP contribution in [0.1, 0.15) is 25.3 Å². The van der Waals surface area contributed by atoms with Crippen LogP contribution in [-0.4, -0.2) is 61.1 Å². The summed E-state index contributed by atoms with van der Waals surface area (Å²) in [5.74, 6) is -1.81. The van der Waals surface area contributed by atoms with Gasteiger partial charge in [-0.3, -0.25) is 9.78 Å². The Bertz CT molecular complexity index is 830. The molecule has 11 heteroatoms. The summed E-state index contributed by atoms with van der Waals surface area (Å²) in [5, 5.41) is 15.5. The van der Waals surface area contributed by atoms with Gasteiger partial charge in [-0.2, -0.15) is 13.2 Å². The molecule has 2 aliphatic rings. The Balaban J connectivity index is 0.000000279. The first-order valence-electron chi connectivity index (χ1n) is 8.64. The van der Waals surface area contributed by atoms with E-state index in [0.717, 1.165) is 30.8 Å². The first-order chi connectivity index (χ1) is 13.2. The molecule has 0 radical (unpaired) electrons. The summed E-state index contributed by atoms with van der Waals surface area (Å²) < 4.78 is 33.6. The molecule has 1 amide bonds. The van der Waals surface area contributed by atoms with Crippen LogP contribution in [0.3, 0.4) is 0 Å². The van der Waals surface area contributed by atoms with Gasteiger partial charge in [0.2, 0.25) is 5.91 Å². The molecule has 1 saturated carbocycles. The van der Waals surface area contributed by atoms with Gasteiger partial charge in [0, 0.05) is 37.5 Å². The number of alkyl halides is 3. The second-order valence-electron chi connectivity index (χ2n) is 6.73. The van der Waals surface area contributed by atoms with E-state index >= 15 is 0 Å². The number of carbonyl (C=O) groups is 2. The number of carboxylic acids is 1. The van der Waals surface area contributed by atoms with Crippen LogP contribution < -0.4 is 0 Å². The van der Waals surface area contributed by atoms with Crippen molar-refractivity contribution in [3.05, 3.63) is 30.7 Å². The third kappa shape index (κ3) is 5.05. The highest BCUT2D eigenvalue weighted by atomic mass is 19.4. The van der Waals surface area contributed by atoms with Crippen LogP contribution in [0.4, 0.5) is 13.2 Å². The number of aliphatic carboxylic acids is 1. The molecule has 2 aromatic rings. The zero-order valence-electron chi connectivity index (χ0n) is 14.7. The van der Waals surface area contributed by atoms with Crippen LogP contribution in [0.25, 0.3) is 11.3 Å². The van der Waals surface area contributed by atoms with Crippen molar-refractivity contribution in [3.63, 3.8) is 0 Å². The standard InChI is InChI=1S/C15H17N5O.C2HF3O2/c21-15(6-11-3-4-11)19-8-13(9-19)20-10-14(17-18-20)12-2-1-5-16-7-12;3-2(4,5)1(6)7/h1-2,5,7,10-11,13H,3-4,6,8-9H2;(H,6,7). The molecule has 28 heavy (non-hydrogen) atoms. The maximum Gasteiger partial charge on any atom is 0.490 e. The number of carbonyl (C=O) groups excluding carboxylic acids is 1. The minimum Gasteiger partial charge on any atom is -0.475 e. The predicted molar refractivity (Wildman–Crippen MR) is 89.9 cm³/mol. The lowest BCUT2D eigenvalue weighted by molar-refractivity contribution is -0.192. The number of rotatable bonds is 4. The number of hydrogen-bond donors (Lipinski definition) is 1. The number of nitrogens with zero attached hydrogens (tertiary/aromatic N) is 5. The Kier molecular flexibility index (Phi) is 5.61. The Hall–Kier alpha value is -2.98. The number of pyridine rings is 1. The molecule has 0 aromatic carbocycles. The molecule has 4 rings (SSSR count). The third-order valence-electron chi connectivity index (χ3n) is 4.46. The first-order valence-corrected chi connectivity index (χ1v) is 8.64. The van der Waals surface area contributed by atoms with E-state index in [0.29, 0.717) is 11.8 Å². The van der Waals surface area contributed by atoms with Crippen molar-refractivity contribution in [1.29, 1.82) is 0 Å². The fraction of sp³-hybridized carbons (Fsp3) is 0.471. The summed E-state index contributed by atoms with van der Waals surface area (Å²) in [5.41, 5.74) is 1.79. The van der Waals surface area contributed by atoms with Crippen molar-refractivity contribution < 1.29 is 27.9 Å².